The quantitative estimate of drug-likeness (QED) is 0.603. The summed E-state index contributed by atoms with van der Waals surface area (Å²) < 4.78 is 0. The zero-order valence-electron chi connectivity index (χ0n) is 10.8. The number of aliphatic hydroxyl groups is 1. The summed E-state index contributed by atoms with van der Waals surface area (Å²) in [7, 11) is 0. The van der Waals surface area contributed by atoms with E-state index >= 15 is 0 Å². The summed E-state index contributed by atoms with van der Waals surface area (Å²) in [4.78, 5) is 23.8. The van der Waals surface area contributed by atoms with Gasteiger partial charge >= 0.3 is 0 Å². The second-order valence-electron chi connectivity index (χ2n) is 5.37. The van der Waals surface area contributed by atoms with Gasteiger partial charge in [0.2, 0.25) is 11.8 Å². The topological polar surface area (TPSA) is 102 Å². The summed E-state index contributed by atoms with van der Waals surface area (Å²) in [6, 6.07) is 2.17. The summed E-state index contributed by atoms with van der Waals surface area (Å²) in [6.45, 7) is 0.382. The lowest BCUT2D eigenvalue weighted by Crippen LogP contribution is -2.57. The first-order valence-corrected chi connectivity index (χ1v) is 6.77. The number of nitrogens with zero attached hydrogens (tertiary/aromatic N) is 1. The van der Waals surface area contributed by atoms with Crippen LogP contribution < -0.4 is 10.6 Å². The molecule has 0 spiro atoms. The van der Waals surface area contributed by atoms with E-state index in [9.17, 15) is 20.0 Å². The van der Waals surface area contributed by atoms with E-state index in [0.29, 0.717) is 25.8 Å². The van der Waals surface area contributed by atoms with Gasteiger partial charge in [-0.2, -0.15) is 5.26 Å². The number of carbonyl (C=O) groups is 2. The van der Waals surface area contributed by atoms with Gasteiger partial charge in [-0.05, 0) is 19.3 Å². The standard InChI is InChI=1S/C13H19N3O3/c14-8-13(5-2-1-3-6-13)16-12(19)10-9(17)4-7-15-11(10)18/h9-10,17H,1-7H2,(H,15,18)(H,16,19). The number of amides is 2. The fourth-order valence-electron chi connectivity index (χ4n) is 2.82. The van der Waals surface area contributed by atoms with Gasteiger partial charge < -0.3 is 15.7 Å². The van der Waals surface area contributed by atoms with E-state index in [2.05, 4.69) is 16.7 Å². The van der Waals surface area contributed by atoms with E-state index in [1.807, 2.05) is 0 Å². The minimum Gasteiger partial charge on any atom is -0.392 e. The van der Waals surface area contributed by atoms with Gasteiger partial charge in [0.25, 0.3) is 0 Å². The zero-order valence-corrected chi connectivity index (χ0v) is 10.8. The van der Waals surface area contributed by atoms with Crippen molar-refractivity contribution in [3.8, 4) is 6.07 Å². The monoisotopic (exact) mass is 265 g/mol. The maximum absolute atomic E-state index is 12.2. The Bertz CT molecular complexity index is 410. The molecular formula is C13H19N3O3. The Morgan fingerprint density at radius 1 is 1.42 bits per heavy atom. The Kier molecular flexibility index (Phi) is 4.05. The molecule has 2 atom stereocenters. The third kappa shape index (κ3) is 2.87. The van der Waals surface area contributed by atoms with Gasteiger partial charge in [-0.15, -0.1) is 0 Å². The molecule has 2 aliphatic rings. The maximum Gasteiger partial charge on any atom is 0.236 e. The van der Waals surface area contributed by atoms with Crippen molar-refractivity contribution in [3.05, 3.63) is 0 Å². The van der Waals surface area contributed by atoms with Crippen molar-refractivity contribution in [1.82, 2.24) is 10.6 Å². The summed E-state index contributed by atoms with van der Waals surface area (Å²) >= 11 is 0. The summed E-state index contributed by atoms with van der Waals surface area (Å²) in [6.07, 6.45) is 3.47. The van der Waals surface area contributed by atoms with Crippen molar-refractivity contribution in [2.24, 2.45) is 5.92 Å². The number of carbonyl (C=O) groups excluding carboxylic acids is 2. The zero-order chi connectivity index (χ0) is 13.9. The average molecular weight is 265 g/mol. The molecule has 1 aliphatic heterocycles. The molecule has 1 saturated heterocycles. The maximum atomic E-state index is 12.2. The van der Waals surface area contributed by atoms with E-state index in [-0.39, 0.29) is 0 Å². The van der Waals surface area contributed by atoms with E-state index in [1.54, 1.807) is 0 Å². The lowest BCUT2D eigenvalue weighted by atomic mass is 9.82. The molecule has 1 saturated carbocycles. The van der Waals surface area contributed by atoms with Gasteiger partial charge in [0, 0.05) is 6.54 Å². The van der Waals surface area contributed by atoms with Crippen LogP contribution in [0.3, 0.4) is 0 Å². The Hall–Kier alpha value is -1.61. The molecule has 0 aromatic carbocycles. The number of rotatable bonds is 2. The van der Waals surface area contributed by atoms with E-state index in [4.69, 9.17) is 0 Å². The Balaban J connectivity index is 2.07. The molecule has 1 heterocycles. The highest BCUT2D eigenvalue weighted by Crippen LogP contribution is 2.28. The van der Waals surface area contributed by atoms with Crippen molar-refractivity contribution in [3.63, 3.8) is 0 Å². The first-order chi connectivity index (χ1) is 9.08. The highest BCUT2D eigenvalue weighted by Gasteiger charge is 2.41. The lowest BCUT2D eigenvalue weighted by molar-refractivity contribution is -0.143. The van der Waals surface area contributed by atoms with Crippen LogP contribution in [0.2, 0.25) is 0 Å². The molecule has 3 N–H and O–H groups in total. The van der Waals surface area contributed by atoms with Crippen LogP contribution >= 0.6 is 0 Å². The van der Waals surface area contributed by atoms with E-state index in [0.717, 1.165) is 19.3 Å². The van der Waals surface area contributed by atoms with Gasteiger partial charge in [0.1, 0.15) is 11.5 Å². The molecule has 19 heavy (non-hydrogen) atoms. The van der Waals surface area contributed by atoms with Crippen molar-refractivity contribution >= 4 is 11.8 Å². The predicted octanol–water partition coefficient (Wildman–Crippen LogP) is -0.174. The number of piperidine rings is 1. The Labute approximate surface area is 112 Å². The van der Waals surface area contributed by atoms with Crippen molar-refractivity contribution in [2.75, 3.05) is 6.54 Å². The molecule has 0 aromatic rings. The molecule has 0 aromatic heterocycles. The molecule has 2 fully saturated rings. The fourth-order valence-corrected chi connectivity index (χ4v) is 2.82. The first kappa shape index (κ1) is 13.8. The number of hydrogen-bond acceptors (Lipinski definition) is 4. The van der Waals surface area contributed by atoms with Crippen LogP contribution in [0.5, 0.6) is 0 Å². The number of nitriles is 1. The molecule has 6 heteroatoms. The second-order valence-corrected chi connectivity index (χ2v) is 5.37. The van der Waals surface area contributed by atoms with Crippen molar-refractivity contribution in [1.29, 1.82) is 5.26 Å². The smallest absolute Gasteiger partial charge is 0.236 e. The second kappa shape index (κ2) is 5.57. The van der Waals surface area contributed by atoms with Crippen molar-refractivity contribution < 1.29 is 14.7 Å². The molecule has 2 unspecified atom stereocenters. The van der Waals surface area contributed by atoms with Gasteiger partial charge in [0.15, 0.2) is 0 Å². The largest absolute Gasteiger partial charge is 0.392 e. The number of hydrogen-bond donors (Lipinski definition) is 3. The first-order valence-electron chi connectivity index (χ1n) is 6.77. The molecule has 2 rings (SSSR count). The van der Waals surface area contributed by atoms with Gasteiger partial charge in [-0.3, -0.25) is 9.59 Å². The minimum absolute atomic E-state index is 0.364. The minimum atomic E-state index is -1.10. The van der Waals surface area contributed by atoms with Crippen LogP contribution in [0.1, 0.15) is 38.5 Å². The molecule has 0 radical (unpaired) electrons. The highest BCUT2D eigenvalue weighted by atomic mass is 16.3. The van der Waals surface area contributed by atoms with E-state index in [1.165, 1.54) is 0 Å². The van der Waals surface area contributed by atoms with Crippen LogP contribution in [0.4, 0.5) is 0 Å². The van der Waals surface area contributed by atoms with Crippen LogP contribution in [-0.2, 0) is 9.59 Å². The predicted molar refractivity (Wildman–Crippen MR) is 66.7 cm³/mol. The molecular weight excluding hydrogens is 246 g/mol. The summed E-state index contributed by atoms with van der Waals surface area (Å²) in [5.74, 6) is -2.09. The third-order valence-electron chi connectivity index (χ3n) is 3.97. The normalized spacial score (nSPS) is 30.0. The highest BCUT2D eigenvalue weighted by molar-refractivity contribution is 6.01. The summed E-state index contributed by atoms with van der Waals surface area (Å²) in [5.41, 5.74) is -0.868. The van der Waals surface area contributed by atoms with Gasteiger partial charge in [0.05, 0.1) is 12.2 Å². The average Bonchev–Trinajstić information content (AvgIpc) is 2.39. The number of nitrogens with one attached hydrogen (secondary N) is 2. The lowest BCUT2D eigenvalue weighted by Gasteiger charge is -2.34. The van der Waals surface area contributed by atoms with Gasteiger partial charge in [-0.1, -0.05) is 19.3 Å². The SMILES string of the molecule is N#CC1(NC(=O)C2C(=O)NCCC2O)CCCCC1. The van der Waals surface area contributed by atoms with Crippen LogP contribution in [0.25, 0.3) is 0 Å². The molecule has 1 aliphatic carbocycles. The Morgan fingerprint density at radius 2 is 2.11 bits per heavy atom. The molecule has 2 amide bonds. The summed E-state index contributed by atoms with van der Waals surface area (Å²) in [5, 5.41) is 24.3. The molecule has 6 nitrogen and oxygen atoms in total. The Morgan fingerprint density at radius 3 is 2.68 bits per heavy atom. The van der Waals surface area contributed by atoms with E-state index < -0.39 is 29.4 Å². The van der Waals surface area contributed by atoms with Crippen LogP contribution in [-0.4, -0.2) is 35.1 Å². The number of aliphatic hydroxyl groups excluding tert-OH is 1. The van der Waals surface area contributed by atoms with Crippen molar-refractivity contribution in [2.45, 2.75) is 50.2 Å². The van der Waals surface area contributed by atoms with Crippen LogP contribution in [0, 0.1) is 17.2 Å². The molecule has 0 bridgehead atoms. The van der Waals surface area contributed by atoms with Crippen LogP contribution in [0.15, 0.2) is 0 Å². The fraction of sp³-hybridized carbons (Fsp3) is 0.769. The van der Waals surface area contributed by atoms with Gasteiger partial charge in [-0.25, -0.2) is 0 Å². The molecule has 104 valence electrons. The third-order valence-corrected chi connectivity index (χ3v) is 3.97.